The highest BCUT2D eigenvalue weighted by Gasteiger charge is 2.31. The Morgan fingerprint density at radius 2 is 1.88 bits per heavy atom. The summed E-state index contributed by atoms with van der Waals surface area (Å²) in [5.74, 6) is -0.181. The zero-order chi connectivity index (χ0) is 13.1. The van der Waals surface area contributed by atoms with Crippen LogP contribution in [-0.2, 0) is 9.53 Å². The largest absolute Gasteiger partial charge is 0.459 e. The molecule has 0 radical (unpaired) electrons. The Morgan fingerprint density at radius 3 is 2.29 bits per heavy atom. The van der Waals surface area contributed by atoms with Gasteiger partial charge in [-0.25, -0.2) is 0 Å². The maximum absolute atomic E-state index is 11.6. The molecule has 1 aliphatic heterocycles. The van der Waals surface area contributed by atoms with Crippen LogP contribution < -0.4 is 0 Å². The topological polar surface area (TPSA) is 49.8 Å². The Morgan fingerprint density at radius 1 is 1.35 bits per heavy atom. The van der Waals surface area contributed by atoms with E-state index in [-0.39, 0.29) is 5.97 Å². The summed E-state index contributed by atoms with van der Waals surface area (Å²) in [4.78, 5) is 13.7. The predicted octanol–water partition coefficient (Wildman–Crippen LogP) is 1.56. The smallest absolute Gasteiger partial charge is 0.320 e. The van der Waals surface area contributed by atoms with Crippen molar-refractivity contribution in [3.8, 4) is 0 Å². The van der Waals surface area contributed by atoms with Crippen molar-refractivity contribution in [1.29, 1.82) is 0 Å². The monoisotopic (exact) mass is 243 g/mol. The first kappa shape index (κ1) is 14.5. The zero-order valence-electron chi connectivity index (χ0n) is 11.5. The van der Waals surface area contributed by atoms with Gasteiger partial charge in [0, 0.05) is 13.1 Å². The normalized spacial score (nSPS) is 21.2. The van der Waals surface area contributed by atoms with Crippen LogP contribution >= 0.6 is 0 Å². The first-order chi connectivity index (χ1) is 7.74. The molecule has 1 N–H and O–H groups in total. The van der Waals surface area contributed by atoms with Crippen LogP contribution in [0.5, 0.6) is 0 Å². The van der Waals surface area contributed by atoms with Crippen LogP contribution in [0.15, 0.2) is 0 Å². The number of hydrogen-bond donors (Lipinski definition) is 1. The Bertz CT molecular complexity index is 262. The van der Waals surface area contributed by atoms with Crippen LogP contribution in [0.2, 0.25) is 0 Å². The van der Waals surface area contributed by atoms with Gasteiger partial charge in [-0.05, 0) is 40.0 Å². The van der Waals surface area contributed by atoms with Gasteiger partial charge in [0.15, 0.2) is 0 Å². The maximum atomic E-state index is 11.6. The lowest BCUT2D eigenvalue weighted by atomic mass is 9.89. The third-order valence-electron chi connectivity index (χ3n) is 3.22. The number of piperidine rings is 1. The summed E-state index contributed by atoms with van der Waals surface area (Å²) in [5.41, 5.74) is -0.943. The van der Waals surface area contributed by atoms with Crippen molar-refractivity contribution < 1.29 is 14.6 Å². The fraction of sp³-hybridized carbons (Fsp3) is 0.923. The van der Waals surface area contributed by atoms with E-state index in [1.54, 1.807) is 0 Å². The first-order valence-electron chi connectivity index (χ1n) is 6.41. The number of nitrogens with zero attached hydrogens (tertiary/aromatic N) is 1. The van der Waals surface area contributed by atoms with Gasteiger partial charge < -0.3 is 9.84 Å². The van der Waals surface area contributed by atoms with Gasteiger partial charge in [0.05, 0.1) is 12.1 Å². The molecule has 1 rings (SSSR count). The highest BCUT2D eigenvalue weighted by molar-refractivity contribution is 5.72. The fourth-order valence-electron chi connectivity index (χ4n) is 2.04. The lowest BCUT2D eigenvalue weighted by Crippen LogP contribution is -2.46. The number of esters is 1. The Kier molecular flexibility index (Phi) is 4.55. The third-order valence-corrected chi connectivity index (χ3v) is 3.22. The van der Waals surface area contributed by atoms with Crippen LogP contribution in [-0.4, -0.2) is 46.8 Å². The molecule has 100 valence electrons. The third kappa shape index (κ3) is 5.04. The summed E-state index contributed by atoms with van der Waals surface area (Å²) in [7, 11) is 0. The Labute approximate surface area is 104 Å². The van der Waals surface area contributed by atoms with E-state index in [1.807, 2.05) is 27.7 Å². The summed E-state index contributed by atoms with van der Waals surface area (Å²) in [5, 5.41) is 10.1. The molecule has 0 saturated carbocycles. The molecule has 0 aliphatic carbocycles. The highest BCUT2D eigenvalue weighted by Crippen LogP contribution is 2.25. The molecule has 0 amide bonds. The van der Waals surface area contributed by atoms with E-state index in [4.69, 9.17) is 4.74 Å². The Hall–Kier alpha value is -0.610. The van der Waals surface area contributed by atoms with E-state index in [0.717, 1.165) is 32.4 Å². The number of hydrogen-bond acceptors (Lipinski definition) is 4. The van der Waals surface area contributed by atoms with Crippen LogP contribution in [0.1, 0.15) is 47.0 Å². The molecule has 0 atom stereocenters. The molecule has 0 spiro atoms. The van der Waals surface area contributed by atoms with Crippen LogP contribution in [0.25, 0.3) is 0 Å². The summed E-state index contributed by atoms with van der Waals surface area (Å²) >= 11 is 0. The van der Waals surface area contributed by atoms with Gasteiger partial charge in [-0.1, -0.05) is 6.92 Å². The molecule has 1 fully saturated rings. The van der Waals surface area contributed by atoms with Gasteiger partial charge in [0.1, 0.15) is 5.60 Å². The van der Waals surface area contributed by atoms with E-state index in [0.29, 0.717) is 6.54 Å². The second-order valence-electron chi connectivity index (χ2n) is 5.94. The molecule has 0 aromatic rings. The summed E-state index contributed by atoms with van der Waals surface area (Å²) in [6.45, 7) is 9.48. The first-order valence-corrected chi connectivity index (χ1v) is 6.41. The van der Waals surface area contributed by atoms with Gasteiger partial charge in [-0.3, -0.25) is 9.69 Å². The van der Waals surface area contributed by atoms with Crippen molar-refractivity contribution in [3.63, 3.8) is 0 Å². The summed E-state index contributed by atoms with van der Waals surface area (Å²) in [6.07, 6.45) is 2.27. The number of ether oxygens (including phenoxy) is 1. The van der Waals surface area contributed by atoms with Crippen molar-refractivity contribution >= 4 is 5.97 Å². The van der Waals surface area contributed by atoms with E-state index in [2.05, 4.69) is 4.90 Å². The molecule has 4 heteroatoms. The van der Waals surface area contributed by atoms with Crippen LogP contribution in [0.3, 0.4) is 0 Å². The van der Waals surface area contributed by atoms with Gasteiger partial charge in [-0.2, -0.15) is 0 Å². The predicted molar refractivity (Wildman–Crippen MR) is 66.8 cm³/mol. The summed E-state index contributed by atoms with van der Waals surface area (Å²) in [6, 6.07) is 0. The van der Waals surface area contributed by atoms with E-state index in [9.17, 15) is 9.90 Å². The average Bonchev–Trinajstić information content (AvgIpc) is 2.19. The highest BCUT2D eigenvalue weighted by atomic mass is 16.6. The molecule has 4 nitrogen and oxygen atoms in total. The zero-order valence-corrected chi connectivity index (χ0v) is 11.5. The molecule has 1 aliphatic rings. The van der Waals surface area contributed by atoms with E-state index < -0.39 is 11.2 Å². The SMILES string of the molecule is CCC1(O)CCN(CC(=O)OC(C)(C)C)CC1. The molecule has 17 heavy (non-hydrogen) atoms. The van der Waals surface area contributed by atoms with Gasteiger partial charge in [-0.15, -0.1) is 0 Å². The molecule has 1 saturated heterocycles. The number of carbonyl (C=O) groups is 1. The lowest BCUT2D eigenvalue weighted by Gasteiger charge is -2.37. The van der Waals surface area contributed by atoms with E-state index in [1.165, 1.54) is 0 Å². The van der Waals surface area contributed by atoms with Gasteiger partial charge in [0.25, 0.3) is 0 Å². The fourth-order valence-corrected chi connectivity index (χ4v) is 2.04. The minimum Gasteiger partial charge on any atom is -0.459 e. The van der Waals surface area contributed by atoms with Crippen molar-refractivity contribution in [1.82, 2.24) is 4.90 Å². The second kappa shape index (κ2) is 5.36. The second-order valence-corrected chi connectivity index (χ2v) is 5.94. The minimum atomic E-state index is -0.523. The molecule has 0 aromatic carbocycles. The number of carbonyl (C=O) groups excluding carboxylic acids is 1. The maximum Gasteiger partial charge on any atom is 0.320 e. The molecule has 0 unspecified atom stereocenters. The number of aliphatic hydroxyl groups is 1. The summed E-state index contributed by atoms with van der Waals surface area (Å²) < 4.78 is 5.28. The molecular weight excluding hydrogens is 218 g/mol. The number of likely N-dealkylation sites (tertiary alicyclic amines) is 1. The quantitative estimate of drug-likeness (QED) is 0.764. The van der Waals surface area contributed by atoms with Crippen LogP contribution in [0, 0.1) is 0 Å². The van der Waals surface area contributed by atoms with Gasteiger partial charge in [0.2, 0.25) is 0 Å². The lowest BCUT2D eigenvalue weighted by molar-refractivity contribution is -0.157. The van der Waals surface area contributed by atoms with Gasteiger partial charge >= 0.3 is 5.97 Å². The van der Waals surface area contributed by atoms with Crippen LogP contribution in [0.4, 0.5) is 0 Å². The average molecular weight is 243 g/mol. The van der Waals surface area contributed by atoms with Crippen molar-refractivity contribution in [3.05, 3.63) is 0 Å². The van der Waals surface area contributed by atoms with Crippen molar-refractivity contribution in [2.45, 2.75) is 58.2 Å². The molecular formula is C13H25NO3. The molecule has 1 heterocycles. The minimum absolute atomic E-state index is 0.181. The molecule has 0 bridgehead atoms. The standard InChI is InChI=1S/C13H25NO3/c1-5-13(16)6-8-14(9-7-13)10-11(15)17-12(2,3)4/h16H,5-10H2,1-4H3. The Balaban J connectivity index is 2.34. The number of rotatable bonds is 3. The van der Waals surface area contributed by atoms with Crippen molar-refractivity contribution in [2.75, 3.05) is 19.6 Å². The van der Waals surface area contributed by atoms with E-state index >= 15 is 0 Å². The van der Waals surface area contributed by atoms with Crippen molar-refractivity contribution in [2.24, 2.45) is 0 Å². The molecule has 0 aromatic heterocycles.